The number of carbonyl (C=O) groups is 1. The quantitative estimate of drug-likeness (QED) is 0.787. The molecule has 3 heteroatoms. The summed E-state index contributed by atoms with van der Waals surface area (Å²) >= 11 is 0. The number of ketones is 1. The summed E-state index contributed by atoms with van der Waals surface area (Å²) in [5.74, 6) is 0.404. The topological polar surface area (TPSA) is 34.9 Å². The molecule has 0 saturated carbocycles. The number of rotatable bonds is 4. The van der Waals surface area contributed by atoms with Gasteiger partial charge in [-0.25, -0.2) is 0 Å². The Labute approximate surface area is 95.1 Å². The van der Waals surface area contributed by atoms with Gasteiger partial charge in [-0.1, -0.05) is 32.0 Å². The standard InChI is InChI=1S/C13H16N2O/c1-10(2)13(16)7-8-15-12-6-4-3-5-11(12)9-14-15/h3-6,9-10H,7-8H2,1-2H3. The van der Waals surface area contributed by atoms with E-state index in [1.165, 1.54) is 0 Å². The van der Waals surface area contributed by atoms with Crippen LogP contribution in [0.25, 0.3) is 10.9 Å². The van der Waals surface area contributed by atoms with Crippen molar-refractivity contribution in [1.82, 2.24) is 9.78 Å². The van der Waals surface area contributed by atoms with Crippen molar-refractivity contribution in [3.8, 4) is 0 Å². The first kappa shape index (κ1) is 10.9. The predicted molar refractivity (Wildman–Crippen MR) is 64.2 cm³/mol. The average Bonchev–Trinajstić information content (AvgIpc) is 2.69. The largest absolute Gasteiger partial charge is 0.299 e. The van der Waals surface area contributed by atoms with Crippen LogP contribution in [0.3, 0.4) is 0 Å². The Bertz CT molecular complexity index is 499. The molecule has 1 heterocycles. The molecule has 0 aliphatic rings. The van der Waals surface area contributed by atoms with Crippen LogP contribution in [-0.4, -0.2) is 15.6 Å². The van der Waals surface area contributed by atoms with Crippen LogP contribution in [0.4, 0.5) is 0 Å². The van der Waals surface area contributed by atoms with E-state index in [9.17, 15) is 4.79 Å². The van der Waals surface area contributed by atoms with Crippen molar-refractivity contribution in [2.75, 3.05) is 0 Å². The fraction of sp³-hybridized carbons (Fsp3) is 0.385. The van der Waals surface area contributed by atoms with E-state index in [1.807, 2.05) is 49.0 Å². The molecule has 2 rings (SSSR count). The number of benzene rings is 1. The SMILES string of the molecule is CC(C)C(=O)CCn1ncc2ccccc21. The third-order valence-electron chi connectivity index (χ3n) is 2.76. The molecule has 0 atom stereocenters. The van der Waals surface area contributed by atoms with Gasteiger partial charge in [-0.3, -0.25) is 9.48 Å². The van der Waals surface area contributed by atoms with Crippen LogP contribution in [0.15, 0.2) is 30.5 Å². The number of nitrogens with zero attached hydrogens (tertiary/aromatic N) is 2. The van der Waals surface area contributed by atoms with Crippen molar-refractivity contribution >= 4 is 16.7 Å². The van der Waals surface area contributed by atoms with Gasteiger partial charge < -0.3 is 0 Å². The number of para-hydroxylation sites is 1. The minimum absolute atomic E-state index is 0.113. The molecule has 84 valence electrons. The monoisotopic (exact) mass is 216 g/mol. The zero-order chi connectivity index (χ0) is 11.5. The number of hydrogen-bond donors (Lipinski definition) is 0. The van der Waals surface area contributed by atoms with E-state index in [4.69, 9.17) is 0 Å². The van der Waals surface area contributed by atoms with Gasteiger partial charge in [0.05, 0.1) is 11.7 Å². The molecule has 0 radical (unpaired) electrons. The van der Waals surface area contributed by atoms with Crippen molar-refractivity contribution in [3.05, 3.63) is 30.5 Å². The summed E-state index contributed by atoms with van der Waals surface area (Å²) in [5.41, 5.74) is 1.10. The van der Waals surface area contributed by atoms with Gasteiger partial charge in [0.25, 0.3) is 0 Å². The maximum absolute atomic E-state index is 11.5. The van der Waals surface area contributed by atoms with Crippen molar-refractivity contribution in [2.45, 2.75) is 26.8 Å². The lowest BCUT2D eigenvalue weighted by Gasteiger charge is -2.05. The molecule has 0 bridgehead atoms. The summed E-state index contributed by atoms with van der Waals surface area (Å²) in [6.07, 6.45) is 2.40. The molecule has 0 unspecified atom stereocenters. The van der Waals surface area contributed by atoms with Crippen molar-refractivity contribution in [3.63, 3.8) is 0 Å². The molecule has 0 aliphatic carbocycles. The maximum Gasteiger partial charge on any atom is 0.137 e. The Morgan fingerprint density at radius 1 is 1.38 bits per heavy atom. The van der Waals surface area contributed by atoms with Gasteiger partial charge in [-0.05, 0) is 6.07 Å². The van der Waals surface area contributed by atoms with Crippen LogP contribution >= 0.6 is 0 Å². The summed E-state index contributed by atoms with van der Waals surface area (Å²) in [4.78, 5) is 11.5. The van der Waals surface area contributed by atoms with Crippen LogP contribution in [0.2, 0.25) is 0 Å². The highest BCUT2D eigenvalue weighted by molar-refractivity contribution is 5.81. The second-order valence-corrected chi connectivity index (χ2v) is 4.30. The van der Waals surface area contributed by atoms with E-state index in [-0.39, 0.29) is 5.92 Å². The number of Topliss-reactive ketones (excluding diaryl/α,β-unsaturated/α-hetero) is 1. The molecule has 0 spiro atoms. The average molecular weight is 216 g/mol. The zero-order valence-electron chi connectivity index (χ0n) is 9.68. The molecule has 0 aliphatic heterocycles. The molecule has 1 aromatic carbocycles. The number of hydrogen-bond acceptors (Lipinski definition) is 2. The molecule has 16 heavy (non-hydrogen) atoms. The van der Waals surface area contributed by atoms with Gasteiger partial charge >= 0.3 is 0 Å². The van der Waals surface area contributed by atoms with Crippen molar-refractivity contribution in [2.24, 2.45) is 5.92 Å². The Hall–Kier alpha value is -1.64. The molecular weight excluding hydrogens is 200 g/mol. The summed E-state index contributed by atoms with van der Waals surface area (Å²) in [6, 6.07) is 8.05. The van der Waals surface area contributed by atoms with Crippen LogP contribution in [-0.2, 0) is 11.3 Å². The Morgan fingerprint density at radius 2 is 2.12 bits per heavy atom. The molecule has 0 amide bonds. The molecule has 1 aromatic heterocycles. The number of aryl methyl sites for hydroxylation is 1. The highest BCUT2D eigenvalue weighted by atomic mass is 16.1. The van der Waals surface area contributed by atoms with E-state index in [0.717, 1.165) is 10.9 Å². The van der Waals surface area contributed by atoms with Crippen LogP contribution in [0.1, 0.15) is 20.3 Å². The van der Waals surface area contributed by atoms with E-state index in [0.29, 0.717) is 18.7 Å². The third-order valence-corrected chi connectivity index (χ3v) is 2.76. The second-order valence-electron chi connectivity index (χ2n) is 4.30. The van der Waals surface area contributed by atoms with Gasteiger partial charge in [-0.2, -0.15) is 5.10 Å². The highest BCUT2D eigenvalue weighted by Gasteiger charge is 2.08. The molecule has 2 aromatic rings. The van der Waals surface area contributed by atoms with Gasteiger partial charge in [0.15, 0.2) is 0 Å². The first-order chi connectivity index (χ1) is 7.68. The smallest absolute Gasteiger partial charge is 0.137 e. The predicted octanol–water partition coefficient (Wildman–Crippen LogP) is 2.65. The summed E-state index contributed by atoms with van der Waals surface area (Å²) in [6.45, 7) is 4.54. The molecule has 0 N–H and O–H groups in total. The molecule has 0 fully saturated rings. The lowest BCUT2D eigenvalue weighted by Crippen LogP contribution is -2.11. The Morgan fingerprint density at radius 3 is 2.88 bits per heavy atom. The number of carbonyl (C=O) groups excluding carboxylic acids is 1. The fourth-order valence-electron chi connectivity index (χ4n) is 1.71. The van der Waals surface area contributed by atoms with E-state index in [1.54, 1.807) is 0 Å². The second kappa shape index (κ2) is 4.47. The van der Waals surface area contributed by atoms with E-state index >= 15 is 0 Å². The third kappa shape index (κ3) is 2.13. The summed E-state index contributed by atoms with van der Waals surface area (Å²) < 4.78 is 1.90. The van der Waals surface area contributed by atoms with E-state index in [2.05, 4.69) is 5.10 Å². The molecular formula is C13H16N2O. The molecule has 3 nitrogen and oxygen atoms in total. The van der Waals surface area contributed by atoms with Crippen molar-refractivity contribution < 1.29 is 4.79 Å². The minimum atomic E-state index is 0.113. The normalized spacial score (nSPS) is 11.2. The highest BCUT2D eigenvalue weighted by Crippen LogP contribution is 2.13. The van der Waals surface area contributed by atoms with Crippen LogP contribution in [0, 0.1) is 5.92 Å². The van der Waals surface area contributed by atoms with Crippen molar-refractivity contribution in [1.29, 1.82) is 0 Å². The van der Waals surface area contributed by atoms with Gasteiger partial charge in [-0.15, -0.1) is 0 Å². The first-order valence-corrected chi connectivity index (χ1v) is 5.62. The number of fused-ring (bicyclic) bond motifs is 1. The van der Waals surface area contributed by atoms with Gasteiger partial charge in [0.2, 0.25) is 0 Å². The minimum Gasteiger partial charge on any atom is -0.299 e. The summed E-state index contributed by atoms with van der Waals surface area (Å²) in [7, 11) is 0. The van der Waals surface area contributed by atoms with Crippen LogP contribution in [0.5, 0.6) is 0 Å². The lowest BCUT2D eigenvalue weighted by molar-refractivity contribution is -0.122. The fourth-order valence-corrected chi connectivity index (χ4v) is 1.71. The lowest BCUT2D eigenvalue weighted by atomic mass is 10.1. The Balaban J connectivity index is 2.13. The zero-order valence-corrected chi connectivity index (χ0v) is 9.68. The first-order valence-electron chi connectivity index (χ1n) is 5.62. The van der Waals surface area contributed by atoms with Gasteiger partial charge in [0, 0.05) is 24.3 Å². The molecule has 0 saturated heterocycles. The Kier molecular flexibility index (Phi) is 3.04. The maximum atomic E-state index is 11.5. The van der Waals surface area contributed by atoms with Gasteiger partial charge in [0.1, 0.15) is 5.78 Å². The van der Waals surface area contributed by atoms with E-state index < -0.39 is 0 Å². The van der Waals surface area contributed by atoms with Crippen LogP contribution < -0.4 is 0 Å². The number of aromatic nitrogens is 2. The summed E-state index contributed by atoms with van der Waals surface area (Å²) in [5, 5.41) is 5.42.